The van der Waals surface area contributed by atoms with Crippen LogP contribution in [-0.4, -0.2) is 18.5 Å². The average Bonchev–Trinajstić information content (AvgIpc) is 2.54. The Morgan fingerprint density at radius 1 is 0.952 bits per heavy atom. The molecule has 1 N–H and O–H groups in total. The molecular formula is C16H16N2O3. The van der Waals surface area contributed by atoms with Crippen LogP contribution in [0.2, 0.25) is 0 Å². The number of para-hydroxylation sites is 2. The summed E-state index contributed by atoms with van der Waals surface area (Å²) in [5.74, 6) is -1.72. The van der Waals surface area contributed by atoms with Gasteiger partial charge in [0.2, 0.25) is 0 Å². The van der Waals surface area contributed by atoms with Crippen LogP contribution < -0.4 is 10.4 Å². The van der Waals surface area contributed by atoms with Crippen LogP contribution in [0.25, 0.3) is 0 Å². The molecule has 0 bridgehead atoms. The number of carbonyl (C=O) groups is 2. The molecule has 0 saturated heterocycles. The first-order chi connectivity index (χ1) is 10.2. The van der Waals surface area contributed by atoms with Crippen LogP contribution in [0.5, 0.6) is 0 Å². The van der Waals surface area contributed by atoms with Gasteiger partial charge in [-0.05, 0) is 31.2 Å². The maximum absolute atomic E-state index is 11.9. The standard InChI is InChI=1S/C16H16N2O3/c1-2-21-16(20)15(19)17-18(13-9-5-3-6-10-13)14-11-7-4-8-12-14/h3-12H,2H2,1H3,(H,17,19). The second kappa shape index (κ2) is 7.09. The molecule has 1 amide bonds. The molecule has 2 aromatic carbocycles. The predicted octanol–water partition coefficient (Wildman–Crippen LogP) is 2.42. The van der Waals surface area contributed by atoms with Crippen molar-refractivity contribution in [3.8, 4) is 0 Å². The van der Waals surface area contributed by atoms with Gasteiger partial charge < -0.3 is 4.74 Å². The van der Waals surface area contributed by atoms with Crippen LogP contribution >= 0.6 is 0 Å². The summed E-state index contributed by atoms with van der Waals surface area (Å²) in [6.07, 6.45) is 0. The Bertz CT molecular complexity index is 560. The average molecular weight is 284 g/mol. The van der Waals surface area contributed by atoms with Crippen LogP contribution in [-0.2, 0) is 14.3 Å². The van der Waals surface area contributed by atoms with Gasteiger partial charge in [0.25, 0.3) is 0 Å². The molecule has 2 aromatic rings. The van der Waals surface area contributed by atoms with Gasteiger partial charge in [-0.25, -0.2) is 4.79 Å². The smallest absolute Gasteiger partial charge is 0.398 e. The highest BCUT2D eigenvalue weighted by atomic mass is 16.5. The maximum Gasteiger partial charge on any atom is 0.398 e. The van der Waals surface area contributed by atoms with E-state index in [1.54, 1.807) is 11.9 Å². The van der Waals surface area contributed by atoms with E-state index in [1.807, 2.05) is 60.7 Å². The quantitative estimate of drug-likeness (QED) is 0.532. The minimum Gasteiger partial charge on any atom is -0.459 e. The van der Waals surface area contributed by atoms with Crippen LogP contribution in [0.4, 0.5) is 11.4 Å². The van der Waals surface area contributed by atoms with Gasteiger partial charge in [-0.3, -0.25) is 15.2 Å². The number of esters is 1. The predicted molar refractivity (Wildman–Crippen MR) is 79.8 cm³/mol. The van der Waals surface area contributed by atoms with Crippen LogP contribution in [0.15, 0.2) is 60.7 Å². The summed E-state index contributed by atoms with van der Waals surface area (Å²) in [6.45, 7) is 1.81. The van der Waals surface area contributed by atoms with E-state index in [-0.39, 0.29) is 6.61 Å². The largest absolute Gasteiger partial charge is 0.459 e. The normalized spacial score (nSPS) is 9.76. The number of nitrogens with one attached hydrogen (secondary N) is 1. The van der Waals surface area contributed by atoms with Gasteiger partial charge in [-0.2, -0.15) is 0 Å². The van der Waals surface area contributed by atoms with Crippen molar-refractivity contribution < 1.29 is 14.3 Å². The molecule has 0 unspecified atom stereocenters. The molecule has 5 nitrogen and oxygen atoms in total. The SMILES string of the molecule is CCOC(=O)C(=O)NN(c1ccccc1)c1ccccc1. The fourth-order valence-corrected chi connectivity index (χ4v) is 1.78. The number of carbonyl (C=O) groups excluding carboxylic acids is 2. The second-order valence-electron chi connectivity index (χ2n) is 4.17. The van der Waals surface area contributed by atoms with E-state index in [2.05, 4.69) is 5.43 Å². The number of anilines is 2. The number of nitrogens with zero attached hydrogens (tertiary/aromatic N) is 1. The van der Waals surface area contributed by atoms with Crippen molar-refractivity contribution in [2.45, 2.75) is 6.92 Å². The minimum atomic E-state index is -0.908. The summed E-state index contributed by atoms with van der Waals surface area (Å²) in [5, 5.41) is 1.54. The summed E-state index contributed by atoms with van der Waals surface area (Å²) < 4.78 is 4.70. The second-order valence-corrected chi connectivity index (χ2v) is 4.17. The van der Waals surface area contributed by atoms with Crippen LogP contribution in [0, 0.1) is 0 Å². The highest BCUT2D eigenvalue weighted by molar-refractivity contribution is 6.32. The zero-order valence-electron chi connectivity index (χ0n) is 11.7. The molecular weight excluding hydrogens is 268 g/mol. The highest BCUT2D eigenvalue weighted by Crippen LogP contribution is 2.22. The third kappa shape index (κ3) is 3.82. The Labute approximate surface area is 123 Å². The van der Waals surface area contributed by atoms with E-state index in [4.69, 9.17) is 4.74 Å². The van der Waals surface area contributed by atoms with Crippen molar-refractivity contribution >= 4 is 23.3 Å². The molecule has 0 heterocycles. The third-order valence-corrected chi connectivity index (χ3v) is 2.70. The molecule has 108 valence electrons. The first-order valence-electron chi connectivity index (χ1n) is 6.60. The van der Waals surface area contributed by atoms with Crippen molar-refractivity contribution in [1.29, 1.82) is 0 Å². The lowest BCUT2D eigenvalue weighted by Gasteiger charge is -2.24. The molecule has 0 aromatic heterocycles. The van der Waals surface area contributed by atoms with E-state index >= 15 is 0 Å². The van der Waals surface area contributed by atoms with E-state index in [1.165, 1.54) is 0 Å². The molecule has 0 spiro atoms. The number of benzene rings is 2. The Balaban J connectivity index is 2.25. The maximum atomic E-state index is 11.9. The molecule has 0 atom stereocenters. The Kier molecular flexibility index (Phi) is 4.93. The molecule has 21 heavy (non-hydrogen) atoms. The van der Waals surface area contributed by atoms with E-state index in [9.17, 15) is 9.59 Å². The summed E-state index contributed by atoms with van der Waals surface area (Å²) in [7, 11) is 0. The molecule has 2 rings (SSSR count). The first kappa shape index (κ1) is 14.6. The summed E-state index contributed by atoms with van der Waals surface area (Å²) >= 11 is 0. The lowest BCUT2D eigenvalue weighted by molar-refractivity contribution is -0.154. The fourth-order valence-electron chi connectivity index (χ4n) is 1.78. The van der Waals surface area contributed by atoms with Crippen molar-refractivity contribution in [2.75, 3.05) is 11.6 Å². The lowest BCUT2D eigenvalue weighted by atomic mass is 10.2. The molecule has 0 aliphatic carbocycles. The van der Waals surface area contributed by atoms with E-state index in [0.29, 0.717) is 0 Å². The molecule has 0 fully saturated rings. The van der Waals surface area contributed by atoms with Crippen molar-refractivity contribution in [3.63, 3.8) is 0 Å². The number of amides is 1. The summed E-state index contributed by atoms with van der Waals surface area (Å²) in [6, 6.07) is 18.5. The minimum absolute atomic E-state index is 0.156. The first-order valence-corrected chi connectivity index (χ1v) is 6.60. The zero-order chi connectivity index (χ0) is 15.1. The van der Waals surface area contributed by atoms with Crippen LogP contribution in [0.3, 0.4) is 0 Å². The van der Waals surface area contributed by atoms with Gasteiger partial charge in [0, 0.05) is 0 Å². The number of hydrogen-bond donors (Lipinski definition) is 1. The Hall–Kier alpha value is -2.82. The monoisotopic (exact) mass is 284 g/mol. The third-order valence-electron chi connectivity index (χ3n) is 2.70. The Morgan fingerprint density at radius 3 is 1.86 bits per heavy atom. The molecule has 0 aliphatic heterocycles. The summed E-state index contributed by atoms with van der Waals surface area (Å²) in [5.41, 5.74) is 4.03. The highest BCUT2D eigenvalue weighted by Gasteiger charge is 2.19. The number of rotatable bonds is 4. The van der Waals surface area contributed by atoms with Gasteiger partial charge in [0.15, 0.2) is 0 Å². The Morgan fingerprint density at radius 2 is 1.43 bits per heavy atom. The van der Waals surface area contributed by atoms with Crippen molar-refractivity contribution in [2.24, 2.45) is 0 Å². The van der Waals surface area contributed by atoms with Gasteiger partial charge >= 0.3 is 11.9 Å². The van der Waals surface area contributed by atoms with Crippen LogP contribution in [0.1, 0.15) is 6.92 Å². The van der Waals surface area contributed by atoms with Gasteiger partial charge in [0.1, 0.15) is 0 Å². The van der Waals surface area contributed by atoms with E-state index in [0.717, 1.165) is 11.4 Å². The van der Waals surface area contributed by atoms with Crippen molar-refractivity contribution in [1.82, 2.24) is 5.43 Å². The number of ether oxygens (including phenoxy) is 1. The fraction of sp³-hybridized carbons (Fsp3) is 0.125. The van der Waals surface area contributed by atoms with Gasteiger partial charge in [-0.1, -0.05) is 36.4 Å². The van der Waals surface area contributed by atoms with Gasteiger partial charge in [0.05, 0.1) is 18.0 Å². The topological polar surface area (TPSA) is 58.6 Å². The molecule has 0 saturated carbocycles. The zero-order valence-corrected chi connectivity index (χ0v) is 11.7. The van der Waals surface area contributed by atoms with Crippen molar-refractivity contribution in [3.05, 3.63) is 60.7 Å². The summed E-state index contributed by atoms with van der Waals surface area (Å²) in [4.78, 5) is 23.3. The molecule has 0 radical (unpaired) electrons. The molecule has 5 heteroatoms. The lowest BCUT2D eigenvalue weighted by Crippen LogP contribution is -2.43. The molecule has 0 aliphatic rings. The number of hydrogen-bond acceptors (Lipinski definition) is 4. The van der Waals surface area contributed by atoms with Gasteiger partial charge in [-0.15, -0.1) is 0 Å². The van der Waals surface area contributed by atoms with E-state index < -0.39 is 11.9 Å². The number of hydrazine groups is 1.